The van der Waals surface area contributed by atoms with Crippen LogP contribution in [0.2, 0.25) is 0 Å². The second-order valence-corrected chi connectivity index (χ2v) is 7.52. The SMILES string of the molecule is COC1CCC(N2CC(=O)Nc3ncc(-c4cnc(C(N)=O)cc4C)nc32)CC1.[HH]. The third kappa shape index (κ3) is 3.77. The minimum Gasteiger partial charge on any atom is -0.381 e. The van der Waals surface area contributed by atoms with Gasteiger partial charge in [0.1, 0.15) is 5.69 Å². The summed E-state index contributed by atoms with van der Waals surface area (Å²) in [6.07, 6.45) is 7.26. The molecule has 9 nitrogen and oxygen atoms in total. The first kappa shape index (κ1) is 19.3. The molecule has 9 heteroatoms. The number of pyridine rings is 1. The van der Waals surface area contributed by atoms with Gasteiger partial charge >= 0.3 is 0 Å². The predicted molar refractivity (Wildman–Crippen MR) is 110 cm³/mol. The minimum atomic E-state index is -0.572. The summed E-state index contributed by atoms with van der Waals surface area (Å²) in [4.78, 5) is 39.0. The third-order valence-corrected chi connectivity index (χ3v) is 5.65. The van der Waals surface area contributed by atoms with Crippen LogP contribution in [0.15, 0.2) is 18.5 Å². The highest BCUT2D eigenvalue weighted by molar-refractivity contribution is 5.99. The number of carbonyl (C=O) groups is 2. The molecule has 0 aromatic carbocycles. The molecule has 3 heterocycles. The Morgan fingerprint density at radius 3 is 2.69 bits per heavy atom. The van der Waals surface area contributed by atoms with E-state index in [4.69, 9.17) is 15.5 Å². The molecule has 2 aromatic rings. The molecule has 1 aliphatic carbocycles. The van der Waals surface area contributed by atoms with Gasteiger partial charge in [0.15, 0.2) is 11.6 Å². The van der Waals surface area contributed by atoms with Gasteiger partial charge in [-0.2, -0.15) is 0 Å². The number of aromatic nitrogens is 3. The number of nitrogens with zero attached hydrogens (tertiary/aromatic N) is 4. The monoisotopic (exact) mass is 398 g/mol. The third-order valence-electron chi connectivity index (χ3n) is 5.65. The number of hydrogen-bond donors (Lipinski definition) is 2. The molecular formula is C20H26N6O3. The fourth-order valence-corrected chi connectivity index (χ4v) is 4.05. The number of nitrogens with two attached hydrogens (primary N) is 1. The van der Waals surface area contributed by atoms with Crippen LogP contribution in [-0.2, 0) is 9.53 Å². The molecule has 1 fully saturated rings. The Labute approximate surface area is 170 Å². The number of methoxy groups -OCH3 is 1. The topological polar surface area (TPSA) is 123 Å². The van der Waals surface area contributed by atoms with Gasteiger partial charge in [-0.3, -0.25) is 14.6 Å². The quantitative estimate of drug-likeness (QED) is 0.806. The van der Waals surface area contributed by atoms with Crippen LogP contribution in [0.25, 0.3) is 11.3 Å². The number of carbonyl (C=O) groups excluding carboxylic acids is 2. The first-order chi connectivity index (χ1) is 14.0. The molecule has 0 saturated heterocycles. The molecule has 2 aliphatic rings. The molecule has 1 saturated carbocycles. The number of aryl methyl sites for hydroxylation is 1. The number of rotatable bonds is 4. The molecule has 2 amide bonds. The summed E-state index contributed by atoms with van der Waals surface area (Å²) in [5.74, 6) is 0.480. The molecule has 29 heavy (non-hydrogen) atoms. The normalized spacial score (nSPS) is 21.4. The second-order valence-electron chi connectivity index (χ2n) is 7.52. The maximum atomic E-state index is 12.2. The second kappa shape index (κ2) is 7.75. The Morgan fingerprint density at radius 2 is 2.03 bits per heavy atom. The van der Waals surface area contributed by atoms with Gasteiger partial charge in [0.2, 0.25) is 5.91 Å². The van der Waals surface area contributed by atoms with Crippen molar-refractivity contribution in [2.45, 2.75) is 44.8 Å². The van der Waals surface area contributed by atoms with Gasteiger partial charge in [-0.15, -0.1) is 0 Å². The van der Waals surface area contributed by atoms with Gasteiger partial charge in [0.05, 0.1) is 24.5 Å². The fourth-order valence-electron chi connectivity index (χ4n) is 4.05. The van der Waals surface area contributed by atoms with Crippen molar-refractivity contribution in [3.63, 3.8) is 0 Å². The van der Waals surface area contributed by atoms with Gasteiger partial charge in [-0.05, 0) is 44.2 Å². The van der Waals surface area contributed by atoms with E-state index in [1.54, 1.807) is 25.6 Å². The Kier molecular flexibility index (Phi) is 5.14. The number of fused-ring (bicyclic) bond motifs is 1. The summed E-state index contributed by atoms with van der Waals surface area (Å²) in [5, 5.41) is 2.81. The molecule has 0 spiro atoms. The Hall–Kier alpha value is -3.07. The molecule has 4 rings (SSSR count). The average Bonchev–Trinajstić information content (AvgIpc) is 2.73. The van der Waals surface area contributed by atoms with Gasteiger partial charge in [0.25, 0.3) is 5.91 Å². The smallest absolute Gasteiger partial charge is 0.267 e. The van der Waals surface area contributed by atoms with Gasteiger partial charge < -0.3 is 20.7 Å². The van der Waals surface area contributed by atoms with E-state index in [9.17, 15) is 9.59 Å². The zero-order valence-corrected chi connectivity index (χ0v) is 16.5. The lowest BCUT2D eigenvalue weighted by molar-refractivity contribution is -0.115. The lowest BCUT2D eigenvalue weighted by Gasteiger charge is -2.39. The average molecular weight is 398 g/mol. The van der Waals surface area contributed by atoms with E-state index < -0.39 is 5.91 Å². The van der Waals surface area contributed by atoms with Crippen LogP contribution in [0.1, 0.15) is 43.2 Å². The zero-order valence-electron chi connectivity index (χ0n) is 16.5. The maximum Gasteiger partial charge on any atom is 0.267 e. The number of anilines is 2. The highest BCUT2D eigenvalue weighted by Gasteiger charge is 2.33. The van der Waals surface area contributed by atoms with E-state index >= 15 is 0 Å². The number of primary amides is 1. The molecule has 1 aliphatic heterocycles. The number of ether oxygens (including phenoxy) is 1. The van der Waals surface area contributed by atoms with Crippen LogP contribution in [0.5, 0.6) is 0 Å². The lowest BCUT2D eigenvalue weighted by Crippen LogP contribution is -2.47. The van der Waals surface area contributed by atoms with Crippen molar-refractivity contribution in [1.82, 2.24) is 15.0 Å². The van der Waals surface area contributed by atoms with E-state index in [1.807, 2.05) is 6.92 Å². The van der Waals surface area contributed by atoms with Crippen LogP contribution in [-0.4, -0.2) is 52.6 Å². The van der Waals surface area contributed by atoms with E-state index in [2.05, 4.69) is 20.2 Å². The molecule has 2 aromatic heterocycles. The summed E-state index contributed by atoms with van der Waals surface area (Å²) in [6, 6.07) is 1.86. The Morgan fingerprint density at radius 1 is 1.28 bits per heavy atom. The van der Waals surface area contributed by atoms with Crippen LogP contribution >= 0.6 is 0 Å². The largest absolute Gasteiger partial charge is 0.381 e. The Bertz CT molecular complexity index is 962. The van der Waals surface area contributed by atoms with Crippen LogP contribution < -0.4 is 16.0 Å². The van der Waals surface area contributed by atoms with Crippen molar-refractivity contribution in [2.75, 3.05) is 23.9 Å². The summed E-state index contributed by atoms with van der Waals surface area (Å²) < 4.78 is 5.47. The lowest BCUT2D eigenvalue weighted by atomic mass is 9.91. The van der Waals surface area contributed by atoms with Crippen molar-refractivity contribution < 1.29 is 15.8 Å². The molecule has 0 bridgehead atoms. The van der Waals surface area contributed by atoms with Crippen molar-refractivity contribution in [3.05, 3.63) is 29.7 Å². The van der Waals surface area contributed by atoms with Crippen LogP contribution in [0, 0.1) is 6.92 Å². The predicted octanol–water partition coefficient (Wildman–Crippen LogP) is 1.91. The number of amides is 2. The highest BCUT2D eigenvalue weighted by Crippen LogP contribution is 2.34. The molecule has 3 N–H and O–H groups in total. The van der Waals surface area contributed by atoms with Gasteiger partial charge in [0, 0.05) is 26.3 Å². The van der Waals surface area contributed by atoms with E-state index in [1.165, 1.54) is 0 Å². The minimum absolute atomic E-state index is 0. The van der Waals surface area contributed by atoms with Crippen molar-refractivity contribution in [2.24, 2.45) is 5.73 Å². The van der Waals surface area contributed by atoms with E-state index in [0.717, 1.165) is 36.8 Å². The number of nitrogens with one attached hydrogen (secondary N) is 1. The summed E-state index contributed by atoms with van der Waals surface area (Å²) >= 11 is 0. The highest BCUT2D eigenvalue weighted by atomic mass is 16.5. The summed E-state index contributed by atoms with van der Waals surface area (Å²) in [6.45, 7) is 2.13. The van der Waals surface area contributed by atoms with E-state index in [-0.39, 0.29) is 31.7 Å². The van der Waals surface area contributed by atoms with Crippen molar-refractivity contribution >= 4 is 23.5 Å². The first-order valence-electron chi connectivity index (χ1n) is 9.69. The number of hydrogen-bond acceptors (Lipinski definition) is 7. The fraction of sp³-hybridized carbons (Fsp3) is 0.450. The molecule has 154 valence electrons. The molecule has 0 radical (unpaired) electrons. The summed E-state index contributed by atoms with van der Waals surface area (Å²) in [7, 11) is 1.74. The van der Waals surface area contributed by atoms with Crippen LogP contribution in [0.3, 0.4) is 0 Å². The molecule has 0 atom stereocenters. The van der Waals surface area contributed by atoms with Gasteiger partial charge in [-0.25, -0.2) is 9.97 Å². The standard InChI is InChI=1S/C20H24N6O3.H2/c1-11-7-15(18(21)28)22-8-14(11)16-9-23-19-20(24-16)26(10-17(27)25-19)12-3-5-13(29-2)6-4-12;/h7-9,12-13H,3-6,10H2,1-2H3,(H2,21,28)(H,23,25,27);1H. The van der Waals surface area contributed by atoms with Gasteiger partial charge in [-0.1, -0.05) is 0 Å². The molecule has 0 unspecified atom stereocenters. The molecular weight excluding hydrogens is 372 g/mol. The summed E-state index contributed by atoms with van der Waals surface area (Å²) in [5.41, 5.74) is 7.75. The van der Waals surface area contributed by atoms with Crippen molar-refractivity contribution in [3.8, 4) is 11.3 Å². The maximum absolute atomic E-state index is 12.2. The zero-order chi connectivity index (χ0) is 20.5. The Balaban J connectivity index is 0.00000256. The van der Waals surface area contributed by atoms with Crippen molar-refractivity contribution in [1.29, 1.82) is 0 Å². The van der Waals surface area contributed by atoms with Crippen LogP contribution in [0.4, 0.5) is 11.6 Å². The first-order valence-corrected chi connectivity index (χ1v) is 9.69. The van der Waals surface area contributed by atoms with E-state index in [0.29, 0.717) is 17.3 Å².